The maximum absolute atomic E-state index is 13.7. The van der Waals surface area contributed by atoms with Crippen molar-refractivity contribution in [2.24, 2.45) is 0 Å². The fraction of sp³-hybridized carbons (Fsp3) is 0.381. The Bertz CT molecular complexity index is 745. The van der Waals surface area contributed by atoms with Crippen LogP contribution < -0.4 is 5.32 Å². The van der Waals surface area contributed by atoms with Crippen molar-refractivity contribution in [1.82, 2.24) is 9.80 Å². The number of anilines is 1. The number of morpholine rings is 1. The van der Waals surface area contributed by atoms with Crippen molar-refractivity contribution in [2.45, 2.75) is 13.1 Å². The molecule has 2 aromatic carbocycles. The summed E-state index contributed by atoms with van der Waals surface area (Å²) in [7, 11) is 1.80. The van der Waals surface area contributed by atoms with Gasteiger partial charge in [0.05, 0.1) is 19.8 Å². The van der Waals surface area contributed by atoms with E-state index >= 15 is 0 Å². The quantitative estimate of drug-likeness (QED) is 0.813. The van der Waals surface area contributed by atoms with Gasteiger partial charge in [-0.2, -0.15) is 0 Å². The van der Waals surface area contributed by atoms with E-state index in [1.165, 1.54) is 11.6 Å². The molecule has 5 nitrogen and oxygen atoms in total. The van der Waals surface area contributed by atoms with Crippen LogP contribution in [-0.2, 0) is 22.6 Å². The summed E-state index contributed by atoms with van der Waals surface area (Å²) in [5.74, 6) is -0.365. The molecule has 0 aromatic heterocycles. The van der Waals surface area contributed by atoms with E-state index in [9.17, 15) is 9.18 Å². The second kappa shape index (κ2) is 9.60. The van der Waals surface area contributed by atoms with Crippen LogP contribution in [0, 0.1) is 5.82 Å². The maximum Gasteiger partial charge on any atom is 0.238 e. The molecule has 0 bridgehead atoms. The highest BCUT2D eigenvalue weighted by atomic mass is 19.1. The lowest BCUT2D eigenvalue weighted by molar-refractivity contribution is -0.117. The lowest BCUT2D eigenvalue weighted by Crippen LogP contribution is -2.35. The Hall–Kier alpha value is -2.28. The topological polar surface area (TPSA) is 44.8 Å². The molecule has 144 valence electrons. The molecule has 1 aliphatic heterocycles. The molecule has 3 rings (SSSR count). The average molecular weight is 371 g/mol. The molecule has 0 saturated carbocycles. The minimum absolute atomic E-state index is 0.116. The minimum atomic E-state index is -0.249. The van der Waals surface area contributed by atoms with Crippen LogP contribution in [0.3, 0.4) is 0 Å². The van der Waals surface area contributed by atoms with Gasteiger partial charge >= 0.3 is 0 Å². The Morgan fingerprint density at radius 2 is 1.85 bits per heavy atom. The fourth-order valence-electron chi connectivity index (χ4n) is 3.13. The number of benzene rings is 2. The molecule has 1 amide bonds. The van der Waals surface area contributed by atoms with Gasteiger partial charge in [-0.25, -0.2) is 4.39 Å². The molecule has 27 heavy (non-hydrogen) atoms. The summed E-state index contributed by atoms with van der Waals surface area (Å²) in [6.45, 7) is 4.95. The van der Waals surface area contributed by atoms with Crippen molar-refractivity contribution in [1.29, 1.82) is 0 Å². The van der Waals surface area contributed by atoms with Crippen molar-refractivity contribution < 1.29 is 13.9 Å². The Balaban J connectivity index is 1.46. The number of carbonyl (C=O) groups is 1. The van der Waals surface area contributed by atoms with E-state index < -0.39 is 0 Å². The number of carbonyl (C=O) groups excluding carboxylic acids is 1. The molecule has 0 unspecified atom stereocenters. The number of likely N-dealkylation sites (N-methyl/N-ethyl adjacent to an activating group) is 1. The minimum Gasteiger partial charge on any atom is -0.379 e. The number of nitrogens with zero attached hydrogens (tertiary/aromatic N) is 2. The lowest BCUT2D eigenvalue weighted by Gasteiger charge is -2.26. The first-order valence-electron chi connectivity index (χ1n) is 9.21. The Morgan fingerprint density at radius 1 is 1.15 bits per heavy atom. The first-order chi connectivity index (χ1) is 13.1. The first-order valence-corrected chi connectivity index (χ1v) is 9.21. The van der Waals surface area contributed by atoms with Crippen LogP contribution in [0.25, 0.3) is 0 Å². The van der Waals surface area contributed by atoms with Gasteiger partial charge < -0.3 is 10.1 Å². The monoisotopic (exact) mass is 371 g/mol. The van der Waals surface area contributed by atoms with Crippen LogP contribution in [0.4, 0.5) is 10.1 Å². The van der Waals surface area contributed by atoms with Gasteiger partial charge in [0.15, 0.2) is 0 Å². The van der Waals surface area contributed by atoms with Crippen molar-refractivity contribution in [3.8, 4) is 0 Å². The molecule has 1 fully saturated rings. The van der Waals surface area contributed by atoms with Gasteiger partial charge in [0, 0.05) is 37.4 Å². The molecular weight excluding hydrogens is 345 g/mol. The summed E-state index contributed by atoms with van der Waals surface area (Å²) < 4.78 is 19.1. The third kappa shape index (κ3) is 6.13. The molecule has 0 aliphatic carbocycles. The van der Waals surface area contributed by atoms with E-state index in [0.29, 0.717) is 12.1 Å². The van der Waals surface area contributed by atoms with Crippen LogP contribution in [0.15, 0.2) is 48.5 Å². The molecule has 2 aromatic rings. The van der Waals surface area contributed by atoms with Crippen LogP contribution in [0.5, 0.6) is 0 Å². The molecule has 0 atom stereocenters. The number of ether oxygens (including phenoxy) is 1. The SMILES string of the molecule is CN(CC(=O)Nc1ccc(CN2CCOCC2)cc1)Cc1ccccc1F. The van der Waals surface area contributed by atoms with Gasteiger partial charge in [0.25, 0.3) is 0 Å². The normalized spacial score (nSPS) is 15.1. The highest BCUT2D eigenvalue weighted by Crippen LogP contribution is 2.13. The van der Waals surface area contributed by atoms with E-state index in [-0.39, 0.29) is 18.3 Å². The zero-order valence-electron chi connectivity index (χ0n) is 15.7. The van der Waals surface area contributed by atoms with Crippen LogP contribution in [0.1, 0.15) is 11.1 Å². The van der Waals surface area contributed by atoms with E-state index in [1.54, 1.807) is 30.1 Å². The molecule has 0 spiro atoms. The van der Waals surface area contributed by atoms with Gasteiger partial charge in [-0.15, -0.1) is 0 Å². The average Bonchev–Trinajstić information content (AvgIpc) is 2.66. The molecule has 1 heterocycles. The number of nitrogens with one attached hydrogen (secondary N) is 1. The summed E-state index contributed by atoms with van der Waals surface area (Å²) >= 11 is 0. The second-order valence-electron chi connectivity index (χ2n) is 6.90. The number of amides is 1. The lowest BCUT2D eigenvalue weighted by atomic mass is 10.2. The summed E-state index contributed by atoms with van der Waals surface area (Å²) in [6.07, 6.45) is 0. The molecular formula is C21H26FN3O2. The predicted octanol–water partition coefficient (Wildman–Crippen LogP) is 2.73. The molecule has 0 radical (unpaired) electrons. The van der Waals surface area contributed by atoms with Gasteiger partial charge in [0.2, 0.25) is 5.91 Å². The number of rotatable bonds is 7. The van der Waals surface area contributed by atoms with Gasteiger partial charge in [-0.3, -0.25) is 14.6 Å². The molecule has 1 N–H and O–H groups in total. The number of hydrogen-bond acceptors (Lipinski definition) is 4. The number of halogens is 1. The second-order valence-corrected chi connectivity index (χ2v) is 6.90. The third-order valence-electron chi connectivity index (χ3n) is 4.56. The van der Waals surface area contributed by atoms with Crippen molar-refractivity contribution in [3.63, 3.8) is 0 Å². The molecule has 6 heteroatoms. The highest BCUT2D eigenvalue weighted by molar-refractivity contribution is 5.92. The van der Waals surface area contributed by atoms with Gasteiger partial charge in [-0.1, -0.05) is 30.3 Å². The zero-order chi connectivity index (χ0) is 19.1. The van der Waals surface area contributed by atoms with Crippen molar-refractivity contribution in [3.05, 3.63) is 65.5 Å². The first kappa shape index (κ1) is 19.5. The summed E-state index contributed by atoms with van der Waals surface area (Å²) in [4.78, 5) is 16.4. The van der Waals surface area contributed by atoms with E-state index in [2.05, 4.69) is 10.2 Å². The standard InChI is InChI=1S/C21H26FN3O2/c1-24(15-18-4-2-3-5-20(18)22)16-21(26)23-19-8-6-17(7-9-19)14-25-10-12-27-13-11-25/h2-9H,10-16H2,1H3,(H,23,26). The van der Waals surface area contributed by atoms with Crippen molar-refractivity contribution >= 4 is 11.6 Å². The Labute approximate surface area is 159 Å². The summed E-state index contributed by atoms with van der Waals surface area (Å²) in [5, 5.41) is 2.90. The Kier molecular flexibility index (Phi) is 6.92. The van der Waals surface area contributed by atoms with Crippen LogP contribution >= 0.6 is 0 Å². The Morgan fingerprint density at radius 3 is 2.56 bits per heavy atom. The predicted molar refractivity (Wildman–Crippen MR) is 104 cm³/mol. The van der Waals surface area contributed by atoms with Crippen LogP contribution in [-0.4, -0.2) is 55.6 Å². The fourth-order valence-corrected chi connectivity index (χ4v) is 3.13. The van der Waals surface area contributed by atoms with E-state index in [0.717, 1.165) is 38.5 Å². The van der Waals surface area contributed by atoms with Gasteiger partial charge in [-0.05, 0) is 30.8 Å². The van der Waals surface area contributed by atoms with E-state index in [4.69, 9.17) is 4.74 Å². The van der Waals surface area contributed by atoms with Gasteiger partial charge in [0.1, 0.15) is 5.82 Å². The zero-order valence-corrected chi connectivity index (χ0v) is 15.7. The third-order valence-corrected chi connectivity index (χ3v) is 4.56. The summed E-state index contributed by atoms with van der Waals surface area (Å²) in [6, 6.07) is 14.5. The maximum atomic E-state index is 13.7. The highest BCUT2D eigenvalue weighted by Gasteiger charge is 2.12. The van der Waals surface area contributed by atoms with E-state index in [1.807, 2.05) is 24.3 Å². The number of hydrogen-bond donors (Lipinski definition) is 1. The molecule has 1 saturated heterocycles. The smallest absolute Gasteiger partial charge is 0.238 e. The van der Waals surface area contributed by atoms with Crippen molar-refractivity contribution in [2.75, 3.05) is 45.2 Å². The molecule has 1 aliphatic rings. The summed E-state index contributed by atoms with van der Waals surface area (Å²) in [5.41, 5.74) is 2.57. The van der Waals surface area contributed by atoms with Crippen LogP contribution in [0.2, 0.25) is 0 Å². The largest absolute Gasteiger partial charge is 0.379 e.